The van der Waals surface area contributed by atoms with Crippen LogP contribution in [0.1, 0.15) is 37.1 Å². The van der Waals surface area contributed by atoms with E-state index in [4.69, 9.17) is 9.26 Å². The molecule has 0 aliphatic rings. The Morgan fingerprint density at radius 3 is 2.39 bits per heavy atom. The highest BCUT2D eigenvalue weighted by atomic mass is 32.2. The third kappa shape index (κ3) is 9.49. The fraction of sp³-hybridized carbons (Fsp3) is 0.367. The first-order valence-electron chi connectivity index (χ1n) is 13.1. The maximum absolute atomic E-state index is 13.2. The van der Waals surface area contributed by atoms with Gasteiger partial charge in [-0.15, -0.1) is 11.8 Å². The molecule has 0 fully saturated rings. The molecule has 0 radical (unpaired) electrons. The summed E-state index contributed by atoms with van der Waals surface area (Å²) < 4.78 is 10.7. The molecule has 0 saturated carbocycles. The first-order valence-corrected chi connectivity index (χ1v) is 14.3. The number of nitrogens with zero attached hydrogens (tertiary/aromatic N) is 1. The molecular weight excluding hydrogens is 546 g/mol. The summed E-state index contributed by atoms with van der Waals surface area (Å²) in [6, 6.07) is 14.4. The summed E-state index contributed by atoms with van der Waals surface area (Å²) in [5.41, 5.74) is 3.04. The Kier molecular flexibility index (Phi) is 11.5. The number of benzene rings is 2. The van der Waals surface area contributed by atoms with Crippen molar-refractivity contribution in [1.82, 2.24) is 15.8 Å². The molecule has 41 heavy (non-hydrogen) atoms. The average Bonchev–Trinajstić information content (AvgIpc) is 3.37. The molecule has 10 nitrogen and oxygen atoms in total. The van der Waals surface area contributed by atoms with Gasteiger partial charge in [0.1, 0.15) is 11.8 Å². The number of thioether (sulfide) groups is 1. The van der Waals surface area contributed by atoms with Crippen LogP contribution in [0.5, 0.6) is 5.75 Å². The Hall–Kier alpha value is -4.12. The molecular formula is C30H35N3O7S. The number of hydrogen-bond acceptors (Lipinski definition) is 8. The molecule has 2 atom stereocenters. The van der Waals surface area contributed by atoms with Gasteiger partial charge in [0.25, 0.3) is 0 Å². The van der Waals surface area contributed by atoms with E-state index in [0.29, 0.717) is 28.4 Å². The van der Waals surface area contributed by atoms with Gasteiger partial charge in [0.2, 0.25) is 11.8 Å². The lowest BCUT2D eigenvalue weighted by molar-refractivity contribution is -0.140. The Morgan fingerprint density at radius 1 is 1.05 bits per heavy atom. The quantitative estimate of drug-likeness (QED) is 0.244. The van der Waals surface area contributed by atoms with Crippen molar-refractivity contribution in [2.24, 2.45) is 5.92 Å². The SMILES string of the molecule is COc1ccc(-c2cc(C)no2)cc1CC(=O)NC(C(=O)NC(CC(=O)O)C(=O)CSCc1ccccc1)C(C)C. The number of aromatic nitrogens is 1. The summed E-state index contributed by atoms with van der Waals surface area (Å²) in [4.78, 5) is 50.6. The number of carbonyl (C=O) groups excluding carboxylic acids is 3. The zero-order valence-corrected chi connectivity index (χ0v) is 24.3. The van der Waals surface area contributed by atoms with Gasteiger partial charge in [-0.1, -0.05) is 49.3 Å². The lowest BCUT2D eigenvalue weighted by Gasteiger charge is -2.25. The van der Waals surface area contributed by atoms with E-state index in [1.54, 1.807) is 45.0 Å². The van der Waals surface area contributed by atoms with Crippen LogP contribution in [0.15, 0.2) is 59.1 Å². The summed E-state index contributed by atoms with van der Waals surface area (Å²) in [5, 5.41) is 18.6. The number of ether oxygens (including phenoxy) is 1. The summed E-state index contributed by atoms with van der Waals surface area (Å²) in [6.07, 6.45) is -0.644. The summed E-state index contributed by atoms with van der Waals surface area (Å²) in [7, 11) is 1.50. The molecule has 0 bridgehead atoms. The van der Waals surface area contributed by atoms with Crippen molar-refractivity contribution < 1.29 is 33.5 Å². The maximum Gasteiger partial charge on any atom is 0.305 e. The van der Waals surface area contributed by atoms with Crippen LogP contribution in [0, 0.1) is 12.8 Å². The summed E-state index contributed by atoms with van der Waals surface area (Å²) >= 11 is 1.34. The molecule has 3 rings (SSSR count). The predicted octanol–water partition coefficient (Wildman–Crippen LogP) is 3.80. The minimum atomic E-state index is -1.22. The molecule has 0 spiro atoms. The van der Waals surface area contributed by atoms with Crippen molar-refractivity contribution in [3.05, 3.63) is 71.4 Å². The van der Waals surface area contributed by atoms with Gasteiger partial charge in [-0.3, -0.25) is 19.2 Å². The Balaban J connectivity index is 1.66. The minimum Gasteiger partial charge on any atom is -0.496 e. The highest BCUT2D eigenvalue weighted by Crippen LogP contribution is 2.27. The van der Waals surface area contributed by atoms with Crippen LogP contribution < -0.4 is 15.4 Å². The highest BCUT2D eigenvalue weighted by Gasteiger charge is 2.30. The first-order chi connectivity index (χ1) is 19.6. The molecule has 0 aliphatic carbocycles. The lowest BCUT2D eigenvalue weighted by Crippen LogP contribution is -2.54. The Morgan fingerprint density at radius 2 is 1.78 bits per heavy atom. The number of hydrogen-bond donors (Lipinski definition) is 3. The number of Topliss-reactive ketones (excluding diaryl/α,β-unsaturated/α-hetero) is 1. The van der Waals surface area contributed by atoms with E-state index in [2.05, 4.69) is 15.8 Å². The first kappa shape index (κ1) is 31.4. The van der Waals surface area contributed by atoms with Crippen molar-refractivity contribution in [3.8, 4) is 17.1 Å². The van der Waals surface area contributed by atoms with Gasteiger partial charge < -0.3 is 25.0 Å². The van der Waals surface area contributed by atoms with Crippen molar-refractivity contribution in [2.75, 3.05) is 12.9 Å². The number of rotatable bonds is 15. The van der Waals surface area contributed by atoms with Crippen LogP contribution in [0.2, 0.25) is 0 Å². The lowest BCUT2D eigenvalue weighted by atomic mass is 10.0. The molecule has 3 aromatic rings. The molecule has 2 amide bonds. The zero-order chi connectivity index (χ0) is 29.9. The van der Waals surface area contributed by atoms with E-state index >= 15 is 0 Å². The number of nitrogens with one attached hydrogen (secondary N) is 2. The van der Waals surface area contributed by atoms with E-state index in [1.807, 2.05) is 30.3 Å². The number of methoxy groups -OCH3 is 1. The van der Waals surface area contributed by atoms with E-state index in [9.17, 15) is 24.3 Å². The standard InChI is InChI=1S/C30H35N3O7S/c1-18(2)29(30(38)31-23(15-28(36)37)24(34)17-41-16-20-8-6-5-7-9-20)32-27(35)14-22-13-21(10-11-25(22)39-4)26-12-19(3)33-40-26/h5-13,18,23,29H,14-17H2,1-4H3,(H,31,38)(H,32,35)(H,36,37). The van der Waals surface area contributed by atoms with Crippen LogP contribution in [-0.4, -0.2) is 58.8 Å². The normalized spacial score (nSPS) is 12.4. The van der Waals surface area contributed by atoms with Crippen LogP contribution in [0.3, 0.4) is 0 Å². The fourth-order valence-electron chi connectivity index (χ4n) is 4.13. The van der Waals surface area contributed by atoms with Crippen LogP contribution in [0.25, 0.3) is 11.3 Å². The van der Waals surface area contributed by atoms with Gasteiger partial charge in [0.05, 0.1) is 37.4 Å². The number of ketones is 1. The van der Waals surface area contributed by atoms with E-state index in [0.717, 1.165) is 11.3 Å². The monoisotopic (exact) mass is 581 g/mol. The highest BCUT2D eigenvalue weighted by molar-refractivity contribution is 7.99. The number of aryl methyl sites for hydroxylation is 1. The third-order valence-electron chi connectivity index (χ3n) is 6.25. The van der Waals surface area contributed by atoms with Crippen LogP contribution >= 0.6 is 11.8 Å². The second kappa shape index (κ2) is 15.0. The number of amides is 2. The molecule has 1 heterocycles. The van der Waals surface area contributed by atoms with Crippen molar-refractivity contribution >= 4 is 35.3 Å². The van der Waals surface area contributed by atoms with E-state index < -0.39 is 42.1 Å². The number of carboxylic acids is 1. The predicted molar refractivity (Wildman–Crippen MR) is 155 cm³/mol. The molecule has 11 heteroatoms. The van der Waals surface area contributed by atoms with Crippen LogP contribution in [-0.2, 0) is 31.4 Å². The Labute approximate surface area is 243 Å². The van der Waals surface area contributed by atoms with E-state index in [-0.39, 0.29) is 18.1 Å². The Bertz CT molecular complexity index is 1360. The average molecular weight is 582 g/mol. The topological polar surface area (TPSA) is 148 Å². The molecule has 218 valence electrons. The number of carboxylic acid groups (broad SMARTS) is 1. The molecule has 1 aromatic heterocycles. The van der Waals surface area contributed by atoms with Crippen molar-refractivity contribution in [3.63, 3.8) is 0 Å². The van der Waals surface area contributed by atoms with Gasteiger partial charge in [-0.25, -0.2) is 0 Å². The molecule has 0 aliphatic heterocycles. The molecule has 0 saturated heterocycles. The van der Waals surface area contributed by atoms with Crippen molar-refractivity contribution in [1.29, 1.82) is 0 Å². The van der Waals surface area contributed by atoms with Gasteiger partial charge in [-0.2, -0.15) is 0 Å². The second-order valence-electron chi connectivity index (χ2n) is 9.93. The number of aliphatic carboxylic acids is 1. The zero-order valence-electron chi connectivity index (χ0n) is 23.5. The summed E-state index contributed by atoms with van der Waals surface area (Å²) in [6.45, 7) is 5.31. The fourth-order valence-corrected chi connectivity index (χ4v) is 5.06. The maximum atomic E-state index is 13.2. The van der Waals surface area contributed by atoms with Gasteiger partial charge in [-0.05, 0) is 36.6 Å². The van der Waals surface area contributed by atoms with Gasteiger partial charge in [0, 0.05) is 22.9 Å². The van der Waals surface area contributed by atoms with Crippen molar-refractivity contribution in [2.45, 2.75) is 51.4 Å². The number of carbonyl (C=O) groups is 4. The van der Waals surface area contributed by atoms with Gasteiger partial charge >= 0.3 is 5.97 Å². The molecule has 3 N–H and O–H groups in total. The second-order valence-corrected chi connectivity index (χ2v) is 10.9. The molecule has 2 unspecified atom stereocenters. The third-order valence-corrected chi connectivity index (χ3v) is 7.28. The van der Waals surface area contributed by atoms with Gasteiger partial charge in [0.15, 0.2) is 11.5 Å². The largest absolute Gasteiger partial charge is 0.496 e. The minimum absolute atomic E-state index is 0.0344. The summed E-state index contributed by atoms with van der Waals surface area (Å²) in [5.74, 6) is -1.37. The smallest absolute Gasteiger partial charge is 0.305 e. The van der Waals surface area contributed by atoms with E-state index in [1.165, 1.54) is 18.9 Å². The molecule has 2 aromatic carbocycles. The van der Waals surface area contributed by atoms with Crippen LogP contribution in [0.4, 0.5) is 0 Å².